The maximum atomic E-state index is 13.5. The highest BCUT2D eigenvalue weighted by molar-refractivity contribution is 9.10. The van der Waals surface area contributed by atoms with Crippen molar-refractivity contribution in [1.29, 1.82) is 0 Å². The molecule has 0 saturated heterocycles. The first-order valence-corrected chi connectivity index (χ1v) is 6.72. The van der Waals surface area contributed by atoms with Crippen LogP contribution in [-0.2, 0) is 11.0 Å². The van der Waals surface area contributed by atoms with Crippen molar-refractivity contribution in [3.63, 3.8) is 0 Å². The van der Waals surface area contributed by atoms with E-state index in [-0.39, 0.29) is 10.0 Å². The Labute approximate surface area is 110 Å². The summed E-state index contributed by atoms with van der Waals surface area (Å²) in [7, 11) is -1.49. The van der Waals surface area contributed by atoms with Gasteiger partial charge in [-0.25, -0.2) is 13.0 Å². The summed E-state index contributed by atoms with van der Waals surface area (Å²) in [4.78, 5) is 0. The molecule has 0 amide bonds. The normalized spacial score (nSPS) is 14.2. The van der Waals surface area contributed by atoms with E-state index in [2.05, 4.69) is 20.3 Å². The highest BCUT2D eigenvalue weighted by atomic mass is 79.9. The van der Waals surface area contributed by atoms with Crippen molar-refractivity contribution >= 4 is 33.1 Å². The maximum Gasteiger partial charge on any atom is 0.146 e. The Hall–Kier alpha value is -0.620. The Morgan fingerprint density at radius 2 is 1.94 bits per heavy atom. The Balaban J connectivity index is 3.04. The predicted molar refractivity (Wildman–Crippen MR) is 69.5 cm³/mol. The summed E-state index contributed by atoms with van der Waals surface area (Å²) in [6.45, 7) is 5.24. The summed E-state index contributed by atoms with van der Waals surface area (Å²) in [6, 6.07) is 2.02. The van der Waals surface area contributed by atoms with Gasteiger partial charge in [-0.05, 0) is 48.8 Å². The van der Waals surface area contributed by atoms with Gasteiger partial charge in [0.05, 0.1) is 9.22 Å². The third kappa shape index (κ3) is 3.96. The fraction of sp³-hybridized carbons (Fsp3) is 0.364. The van der Waals surface area contributed by atoms with E-state index in [9.17, 15) is 13.0 Å². The van der Waals surface area contributed by atoms with Gasteiger partial charge < -0.3 is 0 Å². The minimum atomic E-state index is -1.49. The highest BCUT2D eigenvalue weighted by Crippen LogP contribution is 2.20. The average molecular weight is 324 g/mol. The zero-order valence-corrected chi connectivity index (χ0v) is 12.0. The van der Waals surface area contributed by atoms with Crippen LogP contribution in [0, 0.1) is 11.6 Å². The molecule has 0 aliphatic heterocycles. The Morgan fingerprint density at radius 3 is 2.47 bits per heavy atom. The molecule has 0 heterocycles. The van der Waals surface area contributed by atoms with Crippen molar-refractivity contribution < 1.29 is 13.0 Å². The van der Waals surface area contributed by atoms with Gasteiger partial charge in [0.15, 0.2) is 0 Å². The molecule has 0 unspecified atom stereocenters. The van der Waals surface area contributed by atoms with Crippen LogP contribution >= 0.6 is 15.9 Å². The quantitative estimate of drug-likeness (QED) is 0.604. The Kier molecular flexibility index (Phi) is 4.55. The molecule has 0 radical (unpaired) electrons. The molecule has 0 saturated carbocycles. The third-order valence-corrected chi connectivity index (χ3v) is 3.75. The van der Waals surface area contributed by atoms with E-state index >= 15 is 0 Å². The van der Waals surface area contributed by atoms with Gasteiger partial charge in [0, 0.05) is 11.8 Å². The smallest absolute Gasteiger partial charge is 0.146 e. The maximum absolute atomic E-state index is 13.5. The first-order chi connectivity index (χ1) is 7.71. The van der Waals surface area contributed by atoms with E-state index in [0.717, 1.165) is 18.3 Å². The summed E-state index contributed by atoms with van der Waals surface area (Å²) >= 11 is 2.89. The van der Waals surface area contributed by atoms with E-state index in [1.807, 2.05) is 0 Å². The molecule has 94 valence electrons. The van der Waals surface area contributed by atoms with Gasteiger partial charge in [0.2, 0.25) is 0 Å². The van der Waals surface area contributed by atoms with Crippen molar-refractivity contribution in [3.05, 3.63) is 33.8 Å². The van der Waals surface area contributed by atoms with Gasteiger partial charge in [0.1, 0.15) is 22.6 Å². The zero-order valence-electron chi connectivity index (χ0n) is 9.63. The van der Waals surface area contributed by atoms with Crippen molar-refractivity contribution in [1.82, 2.24) is 0 Å². The Morgan fingerprint density at radius 1 is 1.35 bits per heavy atom. The van der Waals surface area contributed by atoms with E-state index in [4.69, 9.17) is 0 Å². The second kappa shape index (κ2) is 5.35. The van der Waals surface area contributed by atoms with Crippen LogP contribution in [0.25, 0.3) is 0 Å². The summed E-state index contributed by atoms with van der Waals surface area (Å²) in [5.74, 6) is -1.21. The van der Waals surface area contributed by atoms with Crippen LogP contribution in [0.5, 0.6) is 0 Å². The van der Waals surface area contributed by atoms with Crippen LogP contribution in [0.4, 0.5) is 8.78 Å². The zero-order chi connectivity index (χ0) is 13.2. The van der Waals surface area contributed by atoms with Gasteiger partial charge in [-0.3, -0.25) is 0 Å². The van der Waals surface area contributed by atoms with Crippen molar-refractivity contribution in [2.45, 2.75) is 25.5 Å². The summed E-state index contributed by atoms with van der Waals surface area (Å²) in [5, 5.41) is 0. The van der Waals surface area contributed by atoms with Gasteiger partial charge in [-0.15, -0.1) is 0 Å². The molecule has 0 bridgehead atoms. The molecule has 1 atom stereocenters. The lowest BCUT2D eigenvalue weighted by atomic mass is 10.2. The fourth-order valence-corrected chi connectivity index (χ4v) is 1.91. The molecule has 0 aliphatic rings. The van der Waals surface area contributed by atoms with Crippen molar-refractivity contribution in [2.75, 3.05) is 0 Å². The van der Waals surface area contributed by atoms with Crippen LogP contribution in [0.15, 0.2) is 21.0 Å². The molecule has 1 rings (SSSR count). The topological polar surface area (TPSA) is 29.4 Å². The standard InChI is InChI=1S/C11H12BrF2NOS/c1-11(2,3)17(16)15-6-7-4-8(13)5-9(12)10(7)14/h4-6H,1-3H3/b15-6+/t17-/m1/s1. The predicted octanol–water partition coefficient (Wildman–Crippen LogP) is 3.61. The van der Waals surface area contributed by atoms with E-state index in [1.54, 1.807) is 20.8 Å². The molecule has 1 aromatic rings. The largest absolute Gasteiger partial charge is 0.234 e. The molecule has 1 aromatic carbocycles. The summed E-state index contributed by atoms with van der Waals surface area (Å²) in [6.07, 6.45) is 1.09. The highest BCUT2D eigenvalue weighted by Gasteiger charge is 2.18. The molecule has 2 nitrogen and oxygen atoms in total. The lowest BCUT2D eigenvalue weighted by molar-refractivity contribution is 0.593. The van der Waals surface area contributed by atoms with Crippen LogP contribution in [0.3, 0.4) is 0 Å². The molecular formula is C11H12BrF2NOS. The van der Waals surface area contributed by atoms with E-state index < -0.39 is 27.4 Å². The number of benzene rings is 1. The van der Waals surface area contributed by atoms with Crippen LogP contribution in [-0.4, -0.2) is 15.2 Å². The second-order valence-electron chi connectivity index (χ2n) is 4.39. The molecule has 0 aromatic heterocycles. The minimum absolute atomic E-state index is 0.0143. The summed E-state index contributed by atoms with van der Waals surface area (Å²) in [5.41, 5.74) is -0.0329. The Bertz CT molecular complexity index is 483. The molecule has 0 spiro atoms. The van der Waals surface area contributed by atoms with Gasteiger partial charge >= 0.3 is 0 Å². The molecular weight excluding hydrogens is 312 g/mol. The van der Waals surface area contributed by atoms with E-state index in [0.29, 0.717) is 0 Å². The van der Waals surface area contributed by atoms with Gasteiger partial charge in [-0.2, -0.15) is 4.40 Å². The van der Waals surface area contributed by atoms with Gasteiger partial charge in [0.25, 0.3) is 0 Å². The molecule has 0 aliphatic carbocycles. The fourth-order valence-electron chi connectivity index (χ4n) is 0.933. The van der Waals surface area contributed by atoms with Crippen molar-refractivity contribution in [3.8, 4) is 0 Å². The van der Waals surface area contributed by atoms with Crippen LogP contribution in [0.2, 0.25) is 0 Å². The van der Waals surface area contributed by atoms with Gasteiger partial charge in [-0.1, -0.05) is 0 Å². The first kappa shape index (κ1) is 14.4. The number of halogens is 3. The lowest BCUT2D eigenvalue weighted by Crippen LogP contribution is -2.19. The number of rotatable bonds is 2. The molecule has 0 fully saturated rings. The first-order valence-electron chi connectivity index (χ1n) is 4.82. The summed E-state index contributed by atoms with van der Waals surface area (Å²) < 4.78 is 41.4. The molecule has 0 N–H and O–H groups in total. The van der Waals surface area contributed by atoms with Crippen LogP contribution in [0.1, 0.15) is 26.3 Å². The SMILES string of the molecule is CC(C)(C)[S@@](=O)/N=C/c1cc(F)cc(Br)c1F. The lowest BCUT2D eigenvalue weighted by Gasteiger charge is -2.12. The second-order valence-corrected chi connectivity index (χ2v) is 7.18. The average Bonchev–Trinajstić information content (AvgIpc) is 2.19. The number of hydrogen-bond acceptors (Lipinski definition) is 1. The third-order valence-electron chi connectivity index (χ3n) is 1.83. The monoisotopic (exact) mass is 323 g/mol. The van der Waals surface area contributed by atoms with Crippen LogP contribution < -0.4 is 0 Å². The number of hydrogen-bond donors (Lipinski definition) is 0. The molecule has 17 heavy (non-hydrogen) atoms. The van der Waals surface area contributed by atoms with E-state index in [1.165, 1.54) is 0 Å². The van der Waals surface area contributed by atoms with Crippen molar-refractivity contribution in [2.24, 2.45) is 4.40 Å². The number of nitrogens with zero attached hydrogens (tertiary/aromatic N) is 1. The molecule has 6 heteroatoms. The minimum Gasteiger partial charge on any atom is -0.234 e.